The van der Waals surface area contributed by atoms with Crippen molar-refractivity contribution in [2.45, 2.75) is 83.2 Å². The van der Waals surface area contributed by atoms with E-state index < -0.39 is 12.6 Å². The topological polar surface area (TPSA) is 46.5 Å². The summed E-state index contributed by atoms with van der Waals surface area (Å²) in [5, 5.41) is 9.42. The predicted octanol–water partition coefficient (Wildman–Crippen LogP) is 6.41. The molecule has 0 unspecified atom stereocenters. The number of carboxylic acid groups (broad SMARTS) is 1. The maximum absolute atomic E-state index is 12.5. The van der Waals surface area contributed by atoms with Crippen LogP contribution >= 0.6 is 0 Å². The molecule has 2 aliphatic rings. The van der Waals surface area contributed by atoms with Crippen LogP contribution in [0, 0.1) is 17.8 Å². The van der Waals surface area contributed by atoms with Crippen LogP contribution in [0.15, 0.2) is 24.3 Å². The van der Waals surface area contributed by atoms with Crippen LogP contribution in [0.4, 0.5) is 8.78 Å². The van der Waals surface area contributed by atoms with Gasteiger partial charge in [0.15, 0.2) is 0 Å². The molecule has 0 spiro atoms. The van der Waals surface area contributed by atoms with Crippen molar-refractivity contribution in [2.75, 3.05) is 0 Å². The Morgan fingerprint density at radius 3 is 2.21 bits per heavy atom. The fraction of sp³-hybridized carbons (Fsp3) is 0.696. The largest absolute Gasteiger partial charge is 0.481 e. The van der Waals surface area contributed by atoms with Gasteiger partial charge in [0.25, 0.3) is 0 Å². The van der Waals surface area contributed by atoms with Crippen LogP contribution in [-0.4, -0.2) is 17.7 Å². The third-order valence-electron chi connectivity index (χ3n) is 7.21. The van der Waals surface area contributed by atoms with Crippen molar-refractivity contribution in [1.29, 1.82) is 0 Å². The molecule has 3 nitrogen and oxygen atoms in total. The molecule has 0 amide bonds. The number of hydrogen-bond acceptors (Lipinski definition) is 2. The Kier molecular flexibility index (Phi) is 6.95. The van der Waals surface area contributed by atoms with E-state index in [0.29, 0.717) is 18.8 Å². The second-order valence-corrected chi connectivity index (χ2v) is 8.68. The number of halogens is 2. The first-order valence-electron chi connectivity index (χ1n) is 10.7. The average molecular weight is 395 g/mol. The monoisotopic (exact) mass is 394 g/mol. The summed E-state index contributed by atoms with van der Waals surface area (Å²) in [5.41, 5.74) is 1.13. The van der Waals surface area contributed by atoms with Crippen LogP contribution in [0.1, 0.15) is 76.7 Å². The zero-order chi connectivity index (χ0) is 20.1. The molecule has 2 aliphatic carbocycles. The lowest BCUT2D eigenvalue weighted by molar-refractivity contribution is -0.143. The number of ether oxygens (including phenoxy) is 1. The summed E-state index contributed by atoms with van der Waals surface area (Å²) in [6.07, 6.45) is 10.5. The van der Waals surface area contributed by atoms with E-state index in [0.717, 1.165) is 24.3 Å². The fourth-order valence-corrected chi connectivity index (χ4v) is 5.69. The van der Waals surface area contributed by atoms with Gasteiger partial charge in [0.05, 0.1) is 5.92 Å². The summed E-state index contributed by atoms with van der Waals surface area (Å²) in [6, 6.07) is 7.12. The van der Waals surface area contributed by atoms with E-state index in [1.54, 1.807) is 12.1 Å². The minimum Gasteiger partial charge on any atom is -0.481 e. The molecule has 0 aliphatic heterocycles. The van der Waals surface area contributed by atoms with Gasteiger partial charge in [0.2, 0.25) is 0 Å². The van der Waals surface area contributed by atoms with Gasteiger partial charge in [-0.2, -0.15) is 8.78 Å². The highest BCUT2D eigenvalue weighted by Crippen LogP contribution is 2.52. The first-order chi connectivity index (χ1) is 13.4. The number of benzene rings is 1. The van der Waals surface area contributed by atoms with Crippen LogP contribution in [0.25, 0.3) is 0 Å². The van der Waals surface area contributed by atoms with Crippen LogP contribution in [0.3, 0.4) is 0 Å². The Morgan fingerprint density at radius 1 is 1.11 bits per heavy atom. The molecule has 3 rings (SSSR count). The molecular formula is C23H32F2O3. The standard InChI is InChI=1S/C23H32F2O3/c1-2-3-16-4-6-18(7-5-16)23(14-12-17(13-15-23)21(26)27)19-8-10-20(11-9-19)28-22(24)25/h8-11,16-18,22H,2-7,12-15H2,1H3,(H,26,27). The molecule has 1 N–H and O–H groups in total. The van der Waals surface area contributed by atoms with Crippen LogP contribution in [-0.2, 0) is 10.2 Å². The van der Waals surface area contributed by atoms with Crippen molar-refractivity contribution in [1.82, 2.24) is 0 Å². The summed E-state index contributed by atoms with van der Waals surface area (Å²) in [6.45, 7) is -0.580. The van der Waals surface area contributed by atoms with Gasteiger partial charge < -0.3 is 9.84 Å². The Morgan fingerprint density at radius 2 is 1.71 bits per heavy atom. The van der Waals surface area contributed by atoms with Gasteiger partial charge in [-0.3, -0.25) is 4.79 Å². The maximum atomic E-state index is 12.5. The van der Waals surface area contributed by atoms with E-state index in [1.165, 1.54) is 38.5 Å². The molecule has 5 heteroatoms. The lowest BCUT2D eigenvalue weighted by atomic mass is 9.56. The lowest BCUT2D eigenvalue weighted by Crippen LogP contribution is -2.42. The maximum Gasteiger partial charge on any atom is 0.387 e. The van der Waals surface area contributed by atoms with Crippen LogP contribution in [0.2, 0.25) is 0 Å². The minimum atomic E-state index is -2.82. The Balaban J connectivity index is 1.80. The summed E-state index contributed by atoms with van der Waals surface area (Å²) in [7, 11) is 0. The molecule has 0 radical (unpaired) electrons. The predicted molar refractivity (Wildman–Crippen MR) is 105 cm³/mol. The summed E-state index contributed by atoms with van der Waals surface area (Å²) in [5.74, 6) is 0.583. The van der Waals surface area contributed by atoms with Crippen molar-refractivity contribution in [3.8, 4) is 5.75 Å². The lowest BCUT2D eigenvalue weighted by Gasteiger charge is -2.48. The zero-order valence-corrected chi connectivity index (χ0v) is 16.7. The van der Waals surface area contributed by atoms with Crippen molar-refractivity contribution < 1.29 is 23.4 Å². The third-order valence-corrected chi connectivity index (χ3v) is 7.21. The van der Waals surface area contributed by atoms with Crippen LogP contribution in [0.5, 0.6) is 5.75 Å². The highest BCUT2D eigenvalue weighted by molar-refractivity contribution is 5.70. The number of carbonyl (C=O) groups is 1. The summed E-state index contributed by atoms with van der Waals surface area (Å²) in [4.78, 5) is 11.5. The number of carboxylic acids is 1. The SMILES string of the molecule is CCCC1CCC(C2(c3ccc(OC(F)F)cc3)CCC(C(=O)O)CC2)CC1. The molecule has 1 aromatic rings. The first kappa shape index (κ1) is 21.1. The number of hydrogen-bond donors (Lipinski definition) is 1. The highest BCUT2D eigenvalue weighted by atomic mass is 19.3. The van der Waals surface area contributed by atoms with Crippen molar-refractivity contribution >= 4 is 5.97 Å². The van der Waals surface area contributed by atoms with Gasteiger partial charge in [-0.05, 0) is 73.5 Å². The second kappa shape index (κ2) is 9.23. The van der Waals surface area contributed by atoms with Crippen molar-refractivity contribution in [3.63, 3.8) is 0 Å². The molecular weight excluding hydrogens is 362 g/mol. The molecule has 0 aromatic heterocycles. The van der Waals surface area contributed by atoms with Gasteiger partial charge in [0.1, 0.15) is 5.75 Å². The Hall–Kier alpha value is -1.65. The van der Waals surface area contributed by atoms with Gasteiger partial charge in [-0.25, -0.2) is 0 Å². The molecule has 0 saturated heterocycles. The van der Waals surface area contributed by atoms with Gasteiger partial charge in [-0.15, -0.1) is 0 Å². The van der Waals surface area contributed by atoms with Crippen molar-refractivity contribution in [3.05, 3.63) is 29.8 Å². The fourth-order valence-electron chi connectivity index (χ4n) is 5.69. The smallest absolute Gasteiger partial charge is 0.387 e. The summed E-state index contributed by atoms with van der Waals surface area (Å²) >= 11 is 0. The Bertz CT molecular complexity index is 628. The normalized spacial score (nSPS) is 30.9. The van der Waals surface area contributed by atoms with E-state index in [4.69, 9.17) is 0 Å². The number of aliphatic carboxylic acids is 1. The van der Waals surface area contributed by atoms with Gasteiger partial charge in [0, 0.05) is 0 Å². The molecule has 0 atom stereocenters. The number of rotatable bonds is 7. The number of alkyl halides is 2. The van der Waals surface area contributed by atoms with E-state index in [1.807, 2.05) is 12.1 Å². The molecule has 28 heavy (non-hydrogen) atoms. The molecule has 156 valence electrons. The quantitative estimate of drug-likeness (QED) is 0.581. The van der Waals surface area contributed by atoms with Gasteiger partial charge >= 0.3 is 12.6 Å². The van der Waals surface area contributed by atoms with E-state index in [9.17, 15) is 18.7 Å². The molecule has 1 aromatic carbocycles. The second-order valence-electron chi connectivity index (χ2n) is 8.68. The van der Waals surface area contributed by atoms with E-state index in [2.05, 4.69) is 11.7 Å². The summed E-state index contributed by atoms with van der Waals surface area (Å²) < 4.78 is 29.5. The van der Waals surface area contributed by atoms with Crippen LogP contribution < -0.4 is 4.74 Å². The Labute approximate surface area is 166 Å². The minimum absolute atomic E-state index is 0.0352. The third kappa shape index (κ3) is 4.66. The molecule has 0 heterocycles. The zero-order valence-electron chi connectivity index (χ0n) is 16.7. The van der Waals surface area contributed by atoms with Gasteiger partial charge in [-0.1, -0.05) is 44.7 Å². The highest BCUT2D eigenvalue weighted by Gasteiger charge is 2.45. The first-order valence-corrected chi connectivity index (χ1v) is 10.7. The van der Waals surface area contributed by atoms with E-state index >= 15 is 0 Å². The van der Waals surface area contributed by atoms with Crippen molar-refractivity contribution in [2.24, 2.45) is 17.8 Å². The molecule has 0 bridgehead atoms. The van der Waals surface area contributed by atoms with E-state index in [-0.39, 0.29) is 17.1 Å². The average Bonchev–Trinajstić information content (AvgIpc) is 2.69. The molecule has 2 fully saturated rings. The molecule has 2 saturated carbocycles.